The van der Waals surface area contributed by atoms with E-state index in [-0.39, 0.29) is 0 Å². The maximum Gasteiger partial charge on any atom is 0.188 e. The third kappa shape index (κ3) is 6.55. The van der Waals surface area contributed by atoms with Crippen molar-refractivity contribution in [2.45, 2.75) is 32.6 Å². The van der Waals surface area contributed by atoms with Gasteiger partial charge in [0.15, 0.2) is 17.5 Å². The minimum atomic E-state index is 0.496. The second-order valence-corrected chi connectivity index (χ2v) is 6.92. The van der Waals surface area contributed by atoms with Gasteiger partial charge in [0.2, 0.25) is 0 Å². The van der Waals surface area contributed by atoms with Crippen molar-refractivity contribution in [3.8, 4) is 11.5 Å². The van der Waals surface area contributed by atoms with E-state index in [4.69, 9.17) is 15.2 Å². The first kappa shape index (κ1) is 20.0. The standard InChI is InChI=1S/C19H28N4O2S/c1-14-13-26-18(23-14)6-4-5-10-21-19(20)22-11-9-15-7-8-16(24-2)17(12-15)25-3/h7-8,12-13H,4-6,9-11H2,1-3H3,(H3,20,21,22). The molecule has 0 amide bonds. The Balaban J connectivity index is 1.64. The largest absolute Gasteiger partial charge is 0.493 e. The first-order chi connectivity index (χ1) is 12.6. The van der Waals surface area contributed by atoms with Crippen molar-refractivity contribution < 1.29 is 9.47 Å². The second kappa shape index (κ2) is 10.7. The molecule has 2 rings (SSSR count). The molecular weight excluding hydrogens is 348 g/mol. The summed E-state index contributed by atoms with van der Waals surface area (Å²) in [6.45, 7) is 3.49. The number of unbranched alkanes of at least 4 members (excludes halogenated alkanes) is 1. The van der Waals surface area contributed by atoms with E-state index < -0.39 is 0 Å². The Morgan fingerprint density at radius 1 is 1.19 bits per heavy atom. The number of hydrogen-bond donors (Lipinski definition) is 2. The van der Waals surface area contributed by atoms with Crippen LogP contribution in [0, 0.1) is 6.92 Å². The third-order valence-corrected chi connectivity index (χ3v) is 4.94. The maximum atomic E-state index is 5.92. The molecule has 0 saturated carbocycles. The number of thiazole rings is 1. The van der Waals surface area contributed by atoms with Crippen molar-refractivity contribution in [1.82, 2.24) is 10.3 Å². The number of nitrogens with one attached hydrogen (secondary N) is 1. The summed E-state index contributed by atoms with van der Waals surface area (Å²) in [7, 11) is 3.27. The molecule has 0 saturated heterocycles. The average molecular weight is 377 g/mol. The molecule has 0 aliphatic heterocycles. The summed E-state index contributed by atoms with van der Waals surface area (Å²) in [6.07, 6.45) is 3.94. The van der Waals surface area contributed by atoms with Gasteiger partial charge in [-0.1, -0.05) is 6.07 Å². The van der Waals surface area contributed by atoms with E-state index in [0.29, 0.717) is 5.96 Å². The van der Waals surface area contributed by atoms with Crippen LogP contribution in [0.1, 0.15) is 29.1 Å². The normalized spacial score (nSPS) is 11.4. The van der Waals surface area contributed by atoms with Gasteiger partial charge in [0.1, 0.15) is 0 Å². The summed E-state index contributed by atoms with van der Waals surface area (Å²) >= 11 is 1.73. The molecule has 2 aromatic rings. The second-order valence-electron chi connectivity index (χ2n) is 5.97. The molecule has 6 nitrogen and oxygen atoms in total. The van der Waals surface area contributed by atoms with E-state index in [0.717, 1.165) is 61.5 Å². The number of aryl methyl sites for hydroxylation is 2. The van der Waals surface area contributed by atoms with Gasteiger partial charge in [-0.05, 0) is 50.3 Å². The van der Waals surface area contributed by atoms with Crippen molar-refractivity contribution in [3.05, 3.63) is 39.8 Å². The highest BCUT2D eigenvalue weighted by molar-refractivity contribution is 7.09. The first-order valence-corrected chi connectivity index (χ1v) is 9.66. The number of methoxy groups -OCH3 is 2. The van der Waals surface area contributed by atoms with Gasteiger partial charge >= 0.3 is 0 Å². The molecule has 26 heavy (non-hydrogen) atoms. The average Bonchev–Trinajstić information content (AvgIpc) is 3.06. The van der Waals surface area contributed by atoms with Crippen LogP contribution < -0.4 is 20.5 Å². The lowest BCUT2D eigenvalue weighted by Crippen LogP contribution is -2.33. The SMILES string of the molecule is COc1ccc(CCNC(N)=NCCCCc2nc(C)cs2)cc1OC. The highest BCUT2D eigenvalue weighted by Gasteiger charge is 2.04. The molecule has 0 unspecified atom stereocenters. The number of nitrogens with zero attached hydrogens (tertiary/aromatic N) is 2. The van der Waals surface area contributed by atoms with Crippen LogP contribution in [-0.2, 0) is 12.8 Å². The van der Waals surface area contributed by atoms with Gasteiger partial charge in [0.05, 0.1) is 19.2 Å². The van der Waals surface area contributed by atoms with Crippen LogP contribution in [0.25, 0.3) is 0 Å². The fraction of sp³-hybridized carbons (Fsp3) is 0.474. The van der Waals surface area contributed by atoms with E-state index in [2.05, 4.69) is 20.7 Å². The Labute approximate surface area is 159 Å². The van der Waals surface area contributed by atoms with Gasteiger partial charge in [-0.2, -0.15) is 0 Å². The summed E-state index contributed by atoms with van der Waals surface area (Å²) in [4.78, 5) is 8.84. The lowest BCUT2D eigenvalue weighted by molar-refractivity contribution is 0.354. The van der Waals surface area contributed by atoms with Gasteiger partial charge in [0, 0.05) is 24.2 Å². The quantitative estimate of drug-likeness (QED) is 0.378. The van der Waals surface area contributed by atoms with Gasteiger partial charge in [-0.15, -0.1) is 11.3 Å². The molecule has 142 valence electrons. The van der Waals surface area contributed by atoms with Crippen LogP contribution in [0.5, 0.6) is 11.5 Å². The fourth-order valence-electron chi connectivity index (χ4n) is 2.53. The van der Waals surface area contributed by atoms with E-state index in [1.165, 1.54) is 5.01 Å². The van der Waals surface area contributed by atoms with Crippen molar-refractivity contribution in [2.75, 3.05) is 27.3 Å². The fourth-order valence-corrected chi connectivity index (χ4v) is 3.35. The predicted molar refractivity (Wildman–Crippen MR) is 108 cm³/mol. The lowest BCUT2D eigenvalue weighted by Gasteiger charge is -2.10. The van der Waals surface area contributed by atoms with E-state index in [1.807, 2.05) is 25.1 Å². The maximum absolute atomic E-state index is 5.92. The third-order valence-electron chi connectivity index (χ3n) is 3.92. The molecule has 1 aromatic carbocycles. The van der Waals surface area contributed by atoms with Crippen LogP contribution in [0.3, 0.4) is 0 Å². The molecule has 0 radical (unpaired) electrons. The molecular formula is C19H28N4O2S. The number of aliphatic imine (C=N–C) groups is 1. The molecule has 0 aliphatic rings. The van der Waals surface area contributed by atoms with Crippen molar-refractivity contribution in [3.63, 3.8) is 0 Å². The van der Waals surface area contributed by atoms with E-state index >= 15 is 0 Å². The smallest absolute Gasteiger partial charge is 0.188 e. The van der Waals surface area contributed by atoms with Gasteiger partial charge < -0.3 is 20.5 Å². The zero-order chi connectivity index (χ0) is 18.8. The summed E-state index contributed by atoms with van der Waals surface area (Å²) in [6, 6.07) is 5.92. The highest BCUT2D eigenvalue weighted by Crippen LogP contribution is 2.27. The number of aromatic nitrogens is 1. The zero-order valence-corrected chi connectivity index (χ0v) is 16.6. The Bertz CT molecular complexity index is 715. The summed E-state index contributed by atoms with van der Waals surface area (Å²) in [5, 5.41) is 6.45. The van der Waals surface area contributed by atoms with E-state index in [1.54, 1.807) is 25.6 Å². The molecule has 3 N–H and O–H groups in total. The molecule has 0 fully saturated rings. The minimum Gasteiger partial charge on any atom is -0.493 e. The van der Waals surface area contributed by atoms with Gasteiger partial charge in [-0.25, -0.2) is 4.98 Å². The highest BCUT2D eigenvalue weighted by atomic mass is 32.1. The molecule has 0 aliphatic carbocycles. The summed E-state index contributed by atoms with van der Waals surface area (Å²) in [5.41, 5.74) is 8.18. The number of nitrogens with two attached hydrogens (primary N) is 1. The molecule has 1 heterocycles. The number of hydrogen-bond acceptors (Lipinski definition) is 5. The molecule has 7 heteroatoms. The zero-order valence-electron chi connectivity index (χ0n) is 15.7. The first-order valence-electron chi connectivity index (χ1n) is 8.78. The molecule has 0 atom stereocenters. The Morgan fingerprint density at radius 2 is 2.00 bits per heavy atom. The van der Waals surface area contributed by atoms with Crippen molar-refractivity contribution >= 4 is 17.3 Å². The molecule has 1 aromatic heterocycles. The topological polar surface area (TPSA) is 81.8 Å². The van der Waals surface area contributed by atoms with Crippen molar-refractivity contribution in [1.29, 1.82) is 0 Å². The Kier molecular flexibility index (Phi) is 8.21. The monoisotopic (exact) mass is 376 g/mol. The minimum absolute atomic E-state index is 0.496. The number of ether oxygens (including phenoxy) is 2. The van der Waals surface area contributed by atoms with Crippen LogP contribution in [0.2, 0.25) is 0 Å². The molecule has 0 bridgehead atoms. The lowest BCUT2D eigenvalue weighted by atomic mass is 10.1. The predicted octanol–water partition coefficient (Wildman–Crippen LogP) is 2.94. The molecule has 0 spiro atoms. The van der Waals surface area contributed by atoms with Gasteiger partial charge in [-0.3, -0.25) is 4.99 Å². The van der Waals surface area contributed by atoms with E-state index in [9.17, 15) is 0 Å². The van der Waals surface area contributed by atoms with Crippen LogP contribution in [0.4, 0.5) is 0 Å². The number of guanidine groups is 1. The van der Waals surface area contributed by atoms with Crippen LogP contribution in [-0.4, -0.2) is 38.3 Å². The van der Waals surface area contributed by atoms with Crippen LogP contribution in [0.15, 0.2) is 28.6 Å². The van der Waals surface area contributed by atoms with Crippen LogP contribution >= 0.6 is 11.3 Å². The summed E-state index contributed by atoms with van der Waals surface area (Å²) in [5.74, 6) is 1.97. The number of benzene rings is 1. The van der Waals surface area contributed by atoms with Gasteiger partial charge in [0.25, 0.3) is 0 Å². The number of rotatable bonds is 10. The Morgan fingerprint density at radius 3 is 2.69 bits per heavy atom. The van der Waals surface area contributed by atoms with Crippen molar-refractivity contribution in [2.24, 2.45) is 10.7 Å². The Hall–Kier alpha value is -2.28. The summed E-state index contributed by atoms with van der Waals surface area (Å²) < 4.78 is 10.6.